The molecule has 4 nitrogen and oxygen atoms in total. The molecule has 18 heavy (non-hydrogen) atoms. The number of halogens is 1. The number of phenols is 1. The molecular formula is C13H17ClN2O2. The van der Waals surface area contributed by atoms with E-state index in [1.54, 1.807) is 0 Å². The molecule has 1 aliphatic rings. The molecule has 0 spiro atoms. The third kappa shape index (κ3) is 2.94. The number of aromatic hydroxyl groups is 1. The van der Waals surface area contributed by atoms with E-state index >= 15 is 0 Å². The minimum atomic E-state index is -0.258. The molecule has 1 atom stereocenters. The normalized spacial score (nSPS) is 23.0. The van der Waals surface area contributed by atoms with E-state index in [0.717, 1.165) is 19.4 Å². The number of hydrogen-bond donors (Lipinski definition) is 3. The Kier molecular flexibility index (Phi) is 3.78. The zero-order valence-corrected chi connectivity index (χ0v) is 11.0. The van der Waals surface area contributed by atoms with Crippen molar-refractivity contribution in [2.75, 3.05) is 13.1 Å². The van der Waals surface area contributed by atoms with E-state index in [1.165, 1.54) is 18.2 Å². The van der Waals surface area contributed by atoms with Gasteiger partial charge in [0.2, 0.25) is 0 Å². The highest BCUT2D eigenvalue weighted by Gasteiger charge is 2.28. The summed E-state index contributed by atoms with van der Waals surface area (Å²) in [5.41, 5.74) is 0.261. The Hall–Kier alpha value is -1.26. The Labute approximate surface area is 111 Å². The number of carbonyl (C=O) groups excluding carboxylic acids is 1. The third-order valence-corrected chi connectivity index (χ3v) is 3.62. The molecule has 1 aromatic rings. The van der Waals surface area contributed by atoms with Gasteiger partial charge in [-0.05, 0) is 44.5 Å². The summed E-state index contributed by atoms with van der Waals surface area (Å²) in [5, 5.41) is 15.9. The van der Waals surface area contributed by atoms with E-state index in [0.29, 0.717) is 17.1 Å². The lowest BCUT2D eigenvalue weighted by Gasteiger charge is -2.24. The molecule has 1 aliphatic heterocycles. The van der Waals surface area contributed by atoms with Crippen molar-refractivity contribution in [3.8, 4) is 5.75 Å². The molecule has 2 rings (SSSR count). The summed E-state index contributed by atoms with van der Waals surface area (Å²) in [6, 6.07) is 4.35. The van der Waals surface area contributed by atoms with Crippen molar-refractivity contribution in [1.29, 1.82) is 0 Å². The maximum atomic E-state index is 12.0. The zero-order chi connectivity index (χ0) is 13.2. The van der Waals surface area contributed by atoms with Crippen LogP contribution in [0.25, 0.3) is 0 Å². The van der Waals surface area contributed by atoms with E-state index < -0.39 is 0 Å². The van der Waals surface area contributed by atoms with Crippen molar-refractivity contribution >= 4 is 17.5 Å². The van der Waals surface area contributed by atoms with Crippen molar-refractivity contribution in [2.24, 2.45) is 0 Å². The van der Waals surface area contributed by atoms with Crippen LogP contribution in [-0.2, 0) is 0 Å². The van der Waals surface area contributed by atoms with Crippen LogP contribution in [0.2, 0.25) is 5.02 Å². The highest BCUT2D eigenvalue weighted by molar-refractivity contribution is 6.33. The Morgan fingerprint density at radius 3 is 3.06 bits per heavy atom. The molecule has 1 aromatic carbocycles. The first-order valence-corrected chi connectivity index (χ1v) is 6.40. The highest BCUT2D eigenvalue weighted by atomic mass is 35.5. The van der Waals surface area contributed by atoms with Gasteiger partial charge in [-0.3, -0.25) is 4.79 Å². The molecule has 5 heteroatoms. The zero-order valence-electron chi connectivity index (χ0n) is 10.3. The highest BCUT2D eigenvalue weighted by Crippen LogP contribution is 2.22. The topological polar surface area (TPSA) is 61.4 Å². The Balaban J connectivity index is 2.01. The molecule has 98 valence electrons. The van der Waals surface area contributed by atoms with E-state index in [-0.39, 0.29) is 17.2 Å². The van der Waals surface area contributed by atoms with Crippen molar-refractivity contribution < 1.29 is 9.90 Å². The van der Waals surface area contributed by atoms with Crippen LogP contribution in [0.15, 0.2) is 18.2 Å². The van der Waals surface area contributed by atoms with Gasteiger partial charge in [0.25, 0.3) is 5.91 Å². The van der Waals surface area contributed by atoms with Gasteiger partial charge in [-0.1, -0.05) is 11.6 Å². The first-order chi connectivity index (χ1) is 8.50. The summed E-state index contributed by atoms with van der Waals surface area (Å²) < 4.78 is 0. The van der Waals surface area contributed by atoms with Crippen LogP contribution in [0.5, 0.6) is 5.75 Å². The lowest BCUT2D eigenvalue weighted by molar-refractivity contribution is 0.0942. The molecule has 0 bridgehead atoms. The van der Waals surface area contributed by atoms with Gasteiger partial charge in [-0.15, -0.1) is 0 Å². The Morgan fingerprint density at radius 1 is 1.61 bits per heavy atom. The predicted molar refractivity (Wildman–Crippen MR) is 71.1 cm³/mol. The summed E-state index contributed by atoms with van der Waals surface area (Å²) in [7, 11) is 0. The van der Waals surface area contributed by atoms with Gasteiger partial charge >= 0.3 is 0 Å². The quantitative estimate of drug-likeness (QED) is 0.785. The number of hydrogen-bond acceptors (Lipinski definition) is 3. The molecule has 1 heterocycles. The monoisotopic (exact) mass is 268 g/mol. The molecule has 1 amide bonds. The van der Waals surface area contributed by atoms with Crippen LogP contribution in [0.4, 0.5) is 0 Å². The van der Waals surface area contributed by atoms with Crippen molar-refractivity contribution in [2.45, 2.75) is 25.3 Å². The van der Waals surface area contributed by atoms with Gasteiger partial charge in [0.1, 0.15) is 5.75 Å². The number of phenolic OH excluding ortho intramolecular Hbond substituents is 1. The van der Waals surface area contributed by atoms with Crippen LogP contribution in [-0.4, -0.2) is 29.6 Å². The summed E-state index contributed by atoms with van der Waals surface area (Å²) in [6.07, 6.45) is 2.17. The van der Waals surface area contributed by atoms with Gasteiger partial charge in [-0.25, -0.2) is 0 Å². The second-order valence-corrected chi connectivity index (χ2v) is 5.35. The van der Waals surface area contributed by atoms with Crippen LogP contribution in [0.1, 0.15) is 30.1 Å². The fraction of sp³-hybridized carbons (Fsp3) is 0.462. The first kappa shape index (κ1) is 13.2. The van der Waals surface area contributed by atoms with Crippen LogP contribution < -0.4 is 10.6 Å². The number of rotatable bonds is 3. The van der Waals surface area contributed by atoms with E-state index in [1.807, 2.05) is 0 Å². The average Bonchev–Trinajstić information content (AvgIpc) is 2.77. The SMILES string of the molecule is CC1(CNC(=O)c2cc(O)ccc2Cl)CCCN1. The summed E-state index contributed by atoms with van der Waals surface area (Å²) in [6.45, 7) is 3.63. The minimum absolute atomic E-state index is 0.0368. The van der Waals surface area contributed by atoms with Gasteiger partial charge in [0.05, 0.1) is 10.6 Å². The van der Waals surface area contributed by atoms with Crippen LogP contribution >= 0.6 is 11.6 Å². The summed E-state index contributed by atoms with van der Waals surface area (Å²) in [4.78, 5) is 12.0. The fourth-order valence-electron chi connectivity index (χ4n) is 2.17. The number of nitrogens with one attached hydrogen (secondary N) is 2. The van der Waals surface area contributed by atoms with Crippen LogP contribution in [0.3, 0.4) is 0 Å². The number of carbonyl (C=O) groups is 1. The number of amides is 1. The molecule has 0 saturated carbocycles. The molecule has 1 fully saturated rings. The predicted octanol–water partition coefficient (Wildman–Crippen LogP) is 1.92. The van der Waals surface area contributed by atoms with Crippen molar-refractivity contribution in [3.63, 3.8) is 0 Å². The van der Waals surface area contributed by atoms with Gasteiger partial charge < -0.3 is 15.7 Å². The van der Waals surface area contributed by atoms with Crippen molar-refractivity contribution in [3.05, 3.63) is 28.8 Å². The Morgan fingerprint density at radius 2 is 2.39 bits per heavy atom. The van der Waals surface area contributed by atoms with Gasteiger partial charge in [-0.2, -0.15) is 0 Å². The Bertz CT molecular complexity index is 456. The number of benzene rings is 1. The van der Waals surface area contributed by atoms with Crippen LogP contribution in [0, 0.1) is 0 Å². The first-order valence-electron chi connectivity index (χ1n) is 6.02. The second kappa shape index (κ2) is 5.16. The maximum Gasteiger partial charge on any atom is 0.252 e. The molecular weight excluding hydrogens is 252 g/mol. The summed E-state index contributed by atoms with van der Waals surface area (Å²) in [5.74, 6) is -0.222. The smallest absolute Gasteiger partial charge is 0.252 e. The third-order valence-electron chi connectivity index (χ3n) is 3.29. The maximum absolute atomic E-state index is 12.0. The lowest BCUT2D eigenvalue weighted by Crippen LogP contribution is -2.47. The molecule has 0 aliphatic carbocycles. The molecule has 0 radical (unpaired) electrons. The van der Waals surface area contributed by atoms with Gasteiger partial charge in [0.15, 0.2) is 0 Å². The molecule has 0 aromatic heterocycles. The summed E-state index contributed by atoms with van der Waals surface area (Å²) >= 11 is 5.93. The fourth-order valence-corrected chi connectivity index (χ4v) is 2.37. The molecule has 3 N–H and O–H groups in total. The van der Waals surface area contributed by atoms with Crippen molar-refractivity contribution in [1.82, 2.24) is 10.6 Å². The standard InChI is InChI=1S/C13H17ClN2O2/c1-13(5-2-6-16-13)8-15-12(18)10-7-9(17)3-4-11(10)14/h3-4,7,16-17H,2,5-6,8H2,1H3,(H,15,18). The largest absolute Gasteiger partial charge is 0.508 e. The van der Waals surface area contributed by atoms with E-state index in [9.17, 15) is 9.90 Å². The minimum Gasteiger partial charge on any atom is -0.508 e. The van der Waals surface area contributed by atoms with E-state index in [2.05, 4.69) is 17.6 Å². The van der Waals surface area contributed by atoms with E-state index in [4.69, 9.17) is 11.6 Å². The average molecular weight is 269 g/mol. The van der Waals surface area contributed by atoms with Gasteiger partial charge in [0, 0.05) is 12.1 Å². The molecule has 1 unspecified atom stereocenters. The lowest BCUT2D eigenvalue weighted by atomic mass is 10.0. The second-order valence-electron chi connectivity index (χ2n) is 4.94. The molecule has 1 saturated heterocycles.